The highest BCUT2D eigenvalue weighted by Crippen LogP contribution is 2.00. The van der Waals surface area contributed by atoms with Gasteiger partial charge >= 0.3 is 0 Å². The monoisotopic (exact) mass is 159 g/mol. The molecule has 2 heteroatoms. The molecule has 0 aromatic rings. The summed E-state index contributed by atoms with van der Waals surface area (Å²) < 4.78 is 5.02. The molecule has 0 aromatic heterocycles. The largest absolute Gasteiger partial charge is 0.383 e. The van der Waals surface area contributed by atoms with Gasteiger partial charge in [0, 0.05) is 19.2 Å². The quantitative estimate of drug-likeness (QED) is 0.658. The molecule has 68 valence electrons. The number of hydrogen-bond acceptors (Lipinski definition) is 2. The number of nitrogens with one attached hydrogen (secondary N) is 1. The summed E-state index contributed by atoms with van der Waals surface area (Å²) in [5.74, 6) is 0.689. The molecule has 0 aromatic carbocycles. The van der Waals surface area contributed by atoms with Crippen LogP contribution >= 0.6 is 0 Å². The van der Waals surface area contributed by atoms with Crippen molar-refractivity contribution in [2.45, 2.75) is 39.8 Å². The summed E-state index contributed by atoms with van der Waals surface area (Å²) in [6, 6.07) is 1.03. The van der Waals surface area contributed by atoms with Crippen LogP contribution in [0, 0.1) is 5.92 Å². The summed E-state index contributed by atoms with van der Waals surface area (Å²) in [5, 5.41) is 3.46. The van der Waals surface area contributed by atoms with Crippen molar-refractivity contribution < 1.29 is 4.74 Å². The molecular weight excluding hydrogens is 138 g/mol. The molecular formula is C9H21NO. The SMILES string of the molecule is COCC(C)NC(C)C(C)C. The molecule has 0 amide bonds. The summed E-state index contributed by atoms with van der Waals surface area (Å²) in [6.07, 6.45) is 0. The third kappa shape index (κ3) is 5.22. The van der Waals surface area contributed by atoms with E-state index in [1.807, 2.05) is 0 Å². The Balaban J connectivity index is 3.48. The van der Waals surface area contributed by atoms with E-state index in [1.54, 1.807) is 7.11 Å². The van der Waals surface area contributed by atoms with Crippen molar-refractivity contribution in [2.24, 2.45) is 5.92 Å². The standard InChI is InChI=1S/C9H21NO/c1-7(2)9(4)10-8(3)6-11-5/h7-10H,6H2,1-5H3. The van der Waals surface area contributed by atoms with Crippen molar-refractivity contribution in [3.05, 3.63) is 0 Å². The van der Waals surface area contributed by atoms with E-state index in [2.05, 4.69) is 33.0 Å². The fourth-order valence-electron chi connectivity index (χ4n) is 0.939. The Morgan fingerprint density at radius 1 is 1.18 bits per heavy atom. The first kappa shape index (κ1) is 10.9. The Hall–Kier alpha value is -0.0800. The van der Waals surface area contributed by atoms with Gasteiger partial charge in [0.25, 0.3) is 0 Å². The van der Waals surface area contributed by atoms with Crippen LogP contribution < -0.4 is 5.32 Å². The predicted molar refractivity (Wildman–Crippen MR) is 48.8 cm³/mol. The van der Waals surface area contributed by atoms with Gasteiger partial charge in [-0.05, 0) is 19.8 Å². The van der Waals surface area contributed by atoms with Gasteiger partial charge in [-0.3, -0.25) is 0 Å². The van der Waals surface area contributed by atoms with Gasteiger partial charge in [0.15, 0.2) is 0 Å². The van der Waals surface area contributed by atoms with Crippen LogP contribution in [-0.4, -0.2) is 25.8 Å². The average molecular weight is 159 g/mol. The zero-order valence-electron chi connectivity index (χ0n) is 8.35. The van der Waals surface area contributed by atoms with Crippen LogP contribution in [-0.2, 0) is 4.74 Å². The van der Waals surface area contributed by atoms with Gasteiger partial charge in [0.1, 0.15) is 0 Å². The minimum atomic E-state index is 0.456. The first-order valence-corrected chi connectivity index (χ1v) is 4.33. The second kappa shape index (κ2) is 5.56. The Morgan fingerprint density at radius 3 is 2.09 bits per heavy atom. The smallest absolute Gasteiger partial charge is 0.0613 e. The maximum atomic E-state index is 5.02. The van der Waals surface area contributed by atoms with Crippen LogP contribution in [0.2, 0.25) is 0 Å². The molecule has 11 heavy (non-hydrogen) atoms. The minimum Gasteiger partial charge on any atom is -0.383 e. The summed E-state index contributed by atoms with van der Waals surface area (Å²) in [5.41, 5.74) is 0. The van der Waals surface area contributed by atoms with Crippen LogP contribution in [0.4, 0.5) is 0 Å². The molecule has 0 aliphatic rings. The predicted octanol–water partition coefficient (Wildman–Crippen LogP) is 1.66. The molecule has 0 saturated carbocycles. The van der Waals surface area contributed by atoms with Gasteiger partial charge in [-0.1, -0.05) is 13.8 Å². The van der Waals surface area contributed by atoms with Gasteiger partial charge in [0.05, 0.1) is 6.61 Å². The molecule has 0 aliphatic heterocycles. The fraction of sp³-hybridized carbons (Fsp3) is 1.00. The highest BCUT2D eigenvalue weighted by atomic mass is 16.5. The van der Waals surface area contributed by atoms with E-state index < -0.39 is 0 Å². The average Bonchev–Trinajstić information content (AvgIpc) is 1.87. The van der Waals surface area contributed by atoms with Gasteiger partial charge in [-0.15, -0.1) is 0 Å². The van der Waals surface area contributed by atoms with E-state index in [0.717, 1.165) is 6.61 Å². The molecule has 2 atom stereocenters. The van der Waals surface area contributed by atoms with Crippen LogP contribution in [0.5, 0.6) is 0 Å². The third-order valence-electron chi connectivity index (χ3n) is 1.96. The lowest BCUT2D eigenvalue weighted by Crippen LogP contribution is -2.40. The molecule has 2 nitrogen and oxygen atoms in total. The highest BCUT2D eigenvalue weighted by Gasteiger charge is 2.09. The first-order chi connectivity index (χ1) is 5.07. The Labute approximate surface area is 70.3 Å². The van der Waals surface area contributed by atoms with Crippen LogP contribution in [0.15, 0.2) is 0 Å². The maximum Gasteiger partial charge on any atom is 0.0613 e. The summed E-state index contributed by atoms with van der Waals surface area (Å²) >= 11 is 0. The topological polar surface area (TPSA) is 21.3 Å². The van der Waals surface area contributed by atoms with Crippen LogP contribution in [0.1, 0.15) is 27.7 Å². The molecule has 0 saturated heterocycles. The van der Waals surface area contributed by atoms with Crippen molar-refractivity contribution in [3.8, 4) is 0 Å². The zero-order valence-corrected chi connectivity index (χ0v) is 8.35. The molecule has 0 bridgehead atoms. The van der Waals surface area contributed by atoms with Gasteiger partial charge < -0.3 is 10.1 Å². The second-order valence-corrected chi connectivity index (χ2v) is 3.56. The lowest BCUT2D eigenvalue weighted by atomic mass is 10.1. The number of ether oxygens (including phenoxy) is 1. The number of hydrogen-bond donors (Lipinski definition) is 1. The van der Waals surface area contributed by atoms with E-state index >= 15 is 0 Å². The van der Waals surface area contributed by atoms with Gasteiger partial charge in [0.2, 0.25) is 0 Å². The maximum absolute atomic E-state index is 5.02. The Morgan fingerprint density at radius 2 is 1.73 bits per heavy atom. The van der Waals surface area contributed by atoms with E-state index in [9.17, 15) is 0 Å². The van der Waals surface area contributed by atoms with Crippen molar-refractivity contribution in [1.82, 2.24) is 5.32 Å². The van der Waals surface area contributed by atoms with Crippen molar-refractivity contribution >= 4 is 0 Å². The first-order valence-electron chi connectivity index (χ1n) is 4.33. The van der Waals surface area contributed by atoms with Crippen LogP contribution in [0.25, 0.3) is 0 Å². The number of methoxy groups -OCH3 is 1. The van der Waals surface area contributed by atoms with Crippen LogP contribution in [0.3, 0.4) is 0 Å². The summed E-state index contributed by atoms with van der Waals surface area (Å²) in [4.78, 5) is 0. The molecule has 1 N–H and O–H groups in total. The third-order valence-corrected chi connectivity index (χ3v) is 1.96. The fourth-order valence-corrected chi connectivity index (χ4v) is 0.939. The zero-order chi connectivity index (χ0) is 8.85. The van der Waals surface area contributed by atoms with Crippen molar-refractivity contribution in [1.29, 1.82) is 0 Å². The molecule has 0 fully saturated rings. The minimum absolute atomic E-state index is 0.456. The molecule has 0 aliphatic carbocycles. The molecule has 0 spiro atoms. The van der Waals surface area contributed by atoms with E-state index in [0.29, 0.717) is 18.0 Å². The molecule has 2 unspecified atom stereocenters. The van der Waals surface area contributed by atoms with Crippen molar-refractivity contribution in [3.63, 3.8) is 0 Å². The van der Waals surface area contributed by atoms with E-state index in [1.165, 1.54) is 0 Å². The summed E-state index contributed by atoms with van der Waals surface area (Å²) in [6.45, 7) is 9.57. The number of rotatable bonds is 5. The van der Waals surface area contributed by atoms with Gasteiger partial charge in [-0.2, -0.15) is 0 Å². The van der Waals surface area contributed by atoms with Gasteiger partial charge in [-0.25, -0.2) is 0 Å². The molecule has 0 rings (SSSR count). The lowest BCUT2D eigenvalue weighted by Gasteiger charge is -2.22. The van der Waals surface area contributed by atoms with E-state index in [4.69, 9.17) is 4.74 Å². The Kier molecular flexibility index (Phi) is 5.51. The van der Waals surface area contributed by atoms with Crippen molar-refractivity contribution in [2.75, 3.05) is 13.7 Å². The van der Waals surface area contributed by atoms with E-state index in [-0.39, 0.29) is 0 Å². The highest BCUT2D eigenvalue weighted by molar-refractivity contribution is 4.69. The lowest BCUT2D eigenvalue weighted by molar-refractivity contribution is 0.163. The molecule has 0 heterocycles. The Bertz CT molecular complexity index is 93.6. The second-order valence-electron chi connectivity index (χ2n) is 3.56. The summed E-state index contributed by atoms with van der Waals surface area (Å²) in [7, 11) is 1.73. The molecule has 0 radical (unpaired) electrons. The normalized spacial score (nSPS) is 16.9.